The molecule has 124 valence electrons. The van der Waals surface area contributed by atoms with Gasteiger partial charge in [0, 0.05) is 22.5 Å². The van der Waals surface area contributed by atoms with E-state index in [2.05, 4.69) is 9.71 Å². The van der Waals surface area contributed by atoms with Gasteiger partial charge in [0.15, 0.2) is 0 Å². The van der Waals surface area contributed by atoms with Gasteiger partial charge in [-0.15, -0.1) is 0 Å². The largest absolute Gasteiger partial charge is 0.360 e. The van der Waals surface area contributed by atoms with E-state index >= 15 is 0 Å². The third-order valence-electron chi connectivity index (χ3n) is 3.31. The van der Waals surface area contributed by atoms with Gasteiger partial charge in [0.1, 0.15) is 16.5 Å². The Hall–Kier alpha value is -2.38. The average molecular weight is 369 g/mol. The lowest BCUT2D eigenvalue weighted by Gasteiger charge is -2.07. The number of hydrogen-bond donors (Lipinski definition) is 2. The van der Waals surface area contributed by atoms with Gasteiger partial charge < -0.3 is 4.98 Å². The minimum absolute atomic E-state index is 0.143. The highest BCUT2D eigenvalue weighted by molar-refractivity contribution is 7.92. The van der Waals surface area contributed by atoms with E-state index in [4.69, 9.17) is 11.6 Å². The molecule has 24 heavy (non-hydrogen) atoms. The fraction of sp³-hybridized carbons (Fsp3) is 0. The van der Waals surface area contributed by atoms with Crippen LogP contribution in [-0.4, -0.2) is 13.4 Å². The molecular formula is C16H11ClF2N2O2S. The Bertz CT molecular complexity index is 1000. The summed E-state index contributed by atoms with van der Waals surface area (Å²) in [5.41, 5.74) is 0.301. The Morgan fingerprint density at radius 1 is 1.00 bits per heavy atom. The summed E-state index contributed by atoms with van der Waals surface area (Å²) >= 11 is 5.63. The Morgan fingerprint density at radius 3 is 2.46 bits per heavy atom. The first-order valence-electron chi connectivity index (χ1n) is 6.78. The van der Waals surface area contributed by atoms with Crippen LogP contribution in [0.15, 0.2) is 59.6 Å². The van der Waals surface area contributed by atoms with E-state index < -0.39 is 21.7 Å². The Kier molecular flexibility index (Phi) is 4.29. The van der Waals surface area contributed by atoms with Crippen LogP contribution in [0.2, 0.25) is 5.02 Å². The van der Waals surface area contributed by atoms with Crippen molar-refractivity contribution in [1.29, 1.82) is 0 Å². The smallest absolute Gasteiger partial charge is 0.263 e. The van der Waals surface area contributed by atoms with Crippen molar-refractivity contribution in [2.75, 3.05) is 4.72 Å². The number of anilines is 1. The molecule has 0 radical (unpaired) electrons. The van der Waals surface area contributed by atoms with E-state index in [0.717, 1.165) is 6.07 Å². The maximum absolute atomic E-state index is 13.8. The molecule has 0 spiro atoms. The Balaban J connectivity index is 1.92. The molecule has 1 aromatic heterocycles. The lowest BCUT2D eigenvalue weighted by Crippen LogP contribution is -2.13. The molecule has 0 saturated carbocycles. The van der Waals surface area contributed by atoms with Gasteiger partial charge in [-0.1, -0.05) is 23.7 Å². The minimum Gasteiger partial charge on any atom is -0.360 e. The zero-order chi connectivity index (χ0) is 17.3. The van der Waals surface area contributed by atoms with Crippen LogP contribution in [0.25, 0.3) is 11.3 Å². The SMILES string of the molecule is O=S(=O)(Nc1ccc(Cl)cc1F)c1c[nH]c(-c2ccccc2F)c1. The van der Waals surface area contributed by atoms with Crippen molar-refractivity contribution in [3.05, 3.63) is 71.4 Å². The summed E-state index contributed by atoms with van der Waals surface area (Å²) in [7, 11) is -4.04. The topological polar surface area (TPSA) is 62.0 Å². The number of rotatable bonds is 4. The van der Waals surface area contributed by atoms with E-state index in [9.17, 15) is 17.2 Å². The minimum atomic E-state index is -4.04. The molecule has 0 aliphatic heterocycles. The second-order valence-electron chi connectivity index (χ2n) is 4.96. The zero-order valence-electron chi connectivity index (χ0n) is 12.1. The Labute approximate surface area is 142 Å². The van der Waals surface area contributed by atoms with Gasteiger partial charge in [0.25, 0.3) is 10.0 Å². The number of benzene rings is 2. The predicted molar refractivity (Wildman–Crippen MR) is 88.4 cm³/mol. The normalized spacial score (nSPS) is 11.5. The lowest BCUT2D eigenvalue weighted by molar-refractivity contribution is 0.598. The van der Waals surface area contributed by atoms with Gasteiger partial charge in [0.2, 0.25) is 0 Å². The van der Waals surface area contributed by atoms with Crippen molar-refractivity contribution in [1.82, 2.24) is 4.98 Å². The first kappa shape index (κ1) is 16.5. The van der Waals surface area contributed by atoms with Crippen molar-refractivity contribution < 1.29 is 17.2 Å². The molecule has 0 amide bonds. The van der Waals surface area contributed by atoms with Crippen LogP contribution in [0.3, 0.4) is 0 Å². The van der Waals surface area contributed by atoms with Crippen LogP contribution in [0, 0.1) is 11.6 Å². The molecule has 0 aliphatic rings. The van der Waals surface area contributed by atoms with E-state index in [1.807, 2.05) is 0 Å². The summed E-state index contributed by atoms with van der Waals surface area (Å²) in [6.07, 6.45) is 1.21. The molecule has 0 atom stereocenters. The lowest BCUT2D eigenvalue weighted by atomic mass is 10.1. The molecule has 4 nitrogen and oxygen atoms in total. The monoisotopic (exact) mass is 368 g/mol. The van der Waals surface area contributed by atoms with Crippen molar-refractivity contribution in [3.63, 3.8) is 0 Å². The molecular weight excluding hydrogens is 358 g/mol. The standard InChI is InChI=1S/C16H11ClF2N2O2S/c17-10-5-6-15(14(19)7-10)21-24(22,23)11-8-16(20-9-11)12-3-1-2-4-13(12)18/h1-9,20-21H. The summed E-state index contributed by atoms with van der Waals surface area (Å²) < 4.78 is 54.3. The number of aromatic nitrogens is 1. The van der Waals surface area contributed by atoms with Gasteiger partial charge >= 0.3 is 0 Å². The molecule has 0 aliphatic carbocycles. The third-order valence-corrected chi connectivity index (χ3v) is 4.89. The molecule has 8 heteroatoms. The summed E-state index contributed by atoms with van der Waals surface area (Å²) in [5, 5.41) is 0.152. The van der Waals surface area contributed by atoms with Crippen LogP contribution in [0.1, 0.15) is 0 Å². The highest BCUT2D eigenvalue weighted by Crippen LogP contribution is 2.26. The van der Waals surface area contributed by atoms with Gasteiger partial charge in [-0.25, -0.2) is 17.2 Å². The van der Waals surface area contributed by atoms with Gasteiger partial charge in [-0.05, 0) is 36.4 Å². The Morgan fingerprint density at radius 2 is 1.75 bits per heavy atom. The maximum atomic E-state index is 13.8. The fourth-order valence-corrected chi connectivity index (χ4v) is 3.36. The summed E-state index contributed by atoms with van der Waals surface area (Å²) in [6.45, 7) is 0. The quantitative estimate of drug-likeness (QED) is 0.716. The number of nitrogens with one attached hydrogen (secondary N) is 2. The first-order chi connectivity index (χ1) is 11.4. The molecule has 1 heterocycles. The third kappa shape index (κ3) is 3.27. The first-order valence-corrected chi connectivity index (χ1v) is 8.64. The number of halogens is 3. The molecule has 0 bridgehead atoms. The van der Waals surface area contributed by atoms with Crippen LogP contribution < -0.4 is 4.72 Å². The van der Waals surface area contributed by atoms with E-state index in [1.165, 1.54) is 42.6 Å². The van der Waals surface area contributed by atoms with E-state index in [1.54, 1.807) is 6.07 Å². The number of aromatic amines is 1. The fourth-order valence-electron chi connectivity index (χ4n) is 2.14. The number of hydrogen-bond acceptors (Lipinski definition) is 2. The van der Waals surface area contributed by atoms with Gasteiger partial charge in [-0.2, -0.15) is 0 Å². The highest BCUT2D eigenvalue weighted by Gasteiger charge is 2.19. The summed E-state index contributed by atoms with van der Waals surface area (Å²) in [5.74, 6) is -1.28. The maximum Gasteiger partial charge on any atom is 0.263 e. The van der Waals surface area contributed by atoms with E-state index in [-0.39, 0.29) is 21.2 Å². The van der Waals surface area contributed by atoms with Gasteiger partial charge in [0.05, 0.1) is 5.69 Å². The van der Waals surface area contributed by atoms with Gasteiger partial charge in [-0.3, -0.25) is 4.72 Å². The zero-order valence-corrected chi connectivity index (χ0v) is 13.6. The number of sulfonamides is 1. The molecule has 0 fully saturated rings. The van der Waals surface area contributed by atoms with Crippen LogP contribution in [-0.2, 0) is 10.0 Å². The highest BCUT2D eigenvalue weighted by atomic mass is 35.5. The van der Waals surface area contributed by atoms with Crippen molar-refractivity contribution in [2.24, 2.45) is 0 Å². The van der Waals surface area contributed by atoms with Crippen LogP contribution in [0.5, 0.6) is 0 Å². The van der Waals surface area contributed by atoms with E-state index in [0.29, 0.717) is 5.69 Å². The van der Waals surface area contributed by atoms with Crippen molar-refractivity contribution >= 4 is 27.3 Å². The van der Waals surface area contributed by atoms with Crippen LogP contribution in [0.4, 0.5) is 14.5 Å². The average Bonchev–Trinajstić information content (AvgIpc) is 3.01. The van der Waals surface area contributed by atoms with Crippen molar-refractivity contribution in [3.8, 4) is 11.3 Å². The number of H-pyrrole nitrogens is 1. The molecule has 3 aromatic rings. The molecule has 0 unspecified atom stereocenters. The second kappa shape index (κ2) is 6.26. The molecule has 2 N–H and O–H groups in total. The van der Waals surface area contributed by atoms with Crippen LogP contribution >= 0.6 is 11.6 Å². The summed E-state index contributed by atoms with van der Waals surface area (Å²) in [4.78, 5) is 2.56. The second-order valence-corrected chi connectivity index (χ2v) is 7.08. The molecule has 3 rings (SSSR count). The predicted octanol–water partition coefficient (Wildman–Crippen LogP) is 4.41. The van der Waals surface area contributed by atoms with Crippen molar-refractivity contribution in [2.45, 2.75) is 4.90 Å². The molecule has 2 aromatic carbocycles. The molecule has 0 saturated heterocycles. The summed E-state index contributed by atoms with van der Waals surface area (Å²) in [6, 6.07) is 10.8.